The van der Waals surface area contributed by atoms with E-state index in [0.29, 0.717) is 38.0 Å². The summed E-state index contributed by atoms with van der Waals surface area (Å²) in [5.41, 5.74) is 2.26. The smallest absolute Gasteiger partial charge is 0.243 e. The van der Waals surface area contributed by atoms with Gasteiger partial charge in [-0.2, -0.15) is 4.31 Å². The molecule has 0 saturated carbocycles. The highest BCUT2D eigenvalue weighted by Gasteiger charge is 2.27. The number of piperazine rings is 1. The van der Waals surface area contributed by atoms with E-state index in [1.807, 2.05) is 24.3 Å². The number of ether oxygens (including phenoxy) is 3. The van der Waals surface area contributed by atoms with Gasteiger partial charge in [0.2, 0.25) is 16.8 Å². The molecule has 2 aromatic carbocycles. The van der Waals surface area contributed by atoms with E-state index in [9.17, 15) is 8.42 Å². The van der Waals surface area contributed by atoms with Gasteiger partial charge in [0.1, 0.15) is 0 Å². The van der Waals surface area contributed by atoms with Crippen LogP contribution in [0.5, 0.6) is 11.5 Å². The van der Waals surface area contributed by atoms with Gasteiger partial charge in [0.25, 0.3) is 0 Å². The monoisotopic (exact) mass is 459 g/mol. The van der Waals surface area contributed by atoms with Crippen molar-refractivity contribution in [3.63, 3.8) is 0 Å². The van der Waals surface area contributed by atoms with Crippen molar-refractivity contribution in [1.29, 1.82) is 0 Å². The topological polar surface area (TPSA) is 71.6 Å². The van der Waals surface area contributed by atoms with E-state index < -0.39 is 10.0 Å². The summed E-state index contributed by atoms with van der Waals surface area (Å²) in [5.74, 6) is 1.64. The van der Waals surface area contributed by atoms with Crippen LogP contribution in [-0.4, -0.2) is 81.8 Å². The molecule has 3 aliphatic heterocycles. The Bertz CT molecular complexity index is 1050. The van der Waals surface area contributed by atoms with Crippen molar-refractivity contribution in [3.8, 4) is 11.5 Å². The predicted octanol–water partition coefficient (Wildman–Crippen LogP) is 1.75. The molecule has 8 nitrogen and oxygen atoms in total. The molecule has 2 fully saturated rings. The number of morpholine rings is 1. The first-order valence-electron chi connectivity index (χ1n) is 11.1. The van der Waals surface area contributed by atoms with Crippen molar-refractivity contribution in [3.05, 3.63) is 53.6 Å². The van der Waals surface area contributed by atoms with E-state index in [2.05, 4.69) is 21.9 Å². The number of hydrogen-bond donors (Lipinski definition) is 0. The van der Waals surface area contributed by atoms with Gasteiger partial charge >= 0.3 is 0 Å². The minimum atomic E-state index is -3.47. The van der Waals surface area contributed by atoms with Crippen molar-refractivity contribution < 1.29 is 22.6 Å². The van der Waals surface area contributed by atoms with Crippen molar-refractivity contribution >= 4 is 10.0 Å². The number of rotatable bonds is 6. The predicted molar refractivity (Wildman–Crippen MR) is 119 cm³/mol. The largest absolute Gasteiger partial charge is 0.454 e. The number of benzene rings is 2. The zero-order chi connectivity index (χ0) is 22.0. The van der Waals surface area contributed by atoms with Crippen molar-refractivity contribution in [2.75, 3.05) is 59.3 Å². The number of nitrogens with zero attached hydrogens (tertiary/aromatic N) is 3. The molecule has 0 aliphatic carbocycles. The Morgan fingerprint density at radius 1 is 0.750 bits per heavy atom. The molecule has 0 radical (unpaired) electrons. The molecule has 3 heterocycles. The molecule has 172 valence electrons. The summed E-state index contributed by atoms with van der Waals surface area (Å²) in [4.78, 5) is 5.20. The fourth-order valence-electron chi connectivity index (χ4n) is 4.40. The first-order valence-corrected chi connectivity index (χ1v) is 12.5. The fraction of sp³-hybridized carbons (Fsp3) is 0.478. The lowest BCUT2D eigenvalue weighted by Crippen LogP contribution is -2.45. The average molecular weight is 460 g/mol. The Hall–Kier alpha value is -2.17. The first-order chi connectivity index (χ1) is 15.6. The Labute approximate surface area is 189 Å². The number of hydrogen-bond acceptors (Lipinski definition) is 7. The van der Waals surface area contributed by atoms with Crippen LogP contribution in [0.15, 0.2) is 47.4 Å². The molecule has 3 aliphatic rings. The van der Waals surface area contributed by atoms with Crippen LogP contribution in [-0.2, 0) is 27.8 Å². The Morgan fingerprint density at radius 3 is 2.12 bits per heavy atom. The van der Waals surface area contributed by atoms with Crippen LogP contribution in [0, 0.1) is 0 Å². The first kappa shape index (κ1) is 21.7. The summed E-state index contributed by atoms with van der Waals surface area (Å²) in [7, 11) is -3.47. The van der Waals surface area contributed by atoms with Gasteiger partial charge in [-0.1, -0.05) is 18.2 Å². The van der Waals surface area contributed by atoms with Crippen LogP contribution >= 0.6 is 0 Å². The van der Waals surface area contributed by atoms with Crippen LogP contribution in [0.1, 0.15) is 11.1 Å². The third-order valence-corrected chi connectivity index (χ3v) is 8.12. The van der Waals surface area contributed by atoms with Crippen molar-refractivity contribution in [2.45, 2.75) is 18.0 Å². The molecule has 0 amide bonds. The van der Waals surface area contributed by atoms with Gasteiger partial charge in [-0.25, -0.2) is 8.42 Å². The highest BCUT2D eigenvalue weighted by atomic mass is 32.2. The molecule has 0 N–H and O–H groups in total. The van der Waals surface area contributed by atoms with E-state index in [-0.39, 0.29) is 0 Å². The zero-order valence-electron chi connectivity index (χ0n) is 18.1. The molecule has 0 unspecified atom stereocenters. The van der Waals surface area contributed by atoms with Gasteiger partial charge in [-0.15, -0.1) is 0 Å². The minimum absolute atomic E-state index is 0.298. The third kappa shape index (κ3) is 4.77. The third-order valence-electron chi connectivity index (χ3n) is 6.22. The van der Waals surface area contributed by atoms with Gasteiger partial charge in [0, 0.05) is 52.4 Å². The standard InChI is InChI=1S/C23H29N3O5S/c27-32(28,26-10-12-29-13-11-26)21-3-1-2-19(14-21)16-24-6-8-25(9-7-24)17-20-4-5-22-23(15-20)31-18-30-22/h1-5,14-15H,6-13,16-18H2. The van der Waals surface area contributed by atoms with Gasteiger partial charge in [-0.3, -0.25) is 9.80 Å². The van der Waals surface area contributed by atoms with Crippen molar-refractivity contribution in [1.82, 2.24) is 14.1 Å². The second-order valence-corrected chi connectivity index (χ2v) is 10.3. The normalized spacial score (nSPS) is 20.5. The quantitative estimate of drug-likeness (QED) is 0.652. The molecule has 0 aromatic heterocycles. The molecular weight excluding hydrogens is 430 g/mol. The second-order valence-electron chi connectivity index (χ2n) is 8.40. The van der Waals surface area contributed by atoms with Gasteiger partial charge in [0.15, 0.2) is 11.5 Å². The molecule has 0 bridgehead atoms. The molecule has 2 aromatic rings. The summed E-state index contributed by atoms with van der Waals surface area (Å²) < 4.78 is 43.6. The lowest BCUT2D eigenvalue weighted by Gasteiger charge is -2.34. The zero-order valence-corrected chi connectivity index (χ0v) is 18.9. The molecule has 5 rings (SSSR count). The van der Waals surface area contributed by atoms with E-state index in [0.717, 1.165) is 56.3 Å². The maximum Gasteiger partial charge on any atom is 0.243 e. The lowest BCUT2D eigenvalue weighted by molar-refractivity contribution is 0.0730. The minimum Gasteiger partial charge on any atom is -0.454 e. The lowest BCUT2D eigenvalue weighted by atomic mass is 10.1. The summed E-state index contributed by atoms with van der Waals surface area (Å²) in [5, 5.41) is 0. The summed E-state index contributed by atoms with van der Waals surface area (Å²) in [6.45, 7) is 7.52. The van der Waals surface area contributed by atoms with E-state index in [1.54, 1.807) is 6.07 Å². The highest BCUT2D eigenvalue weighted by molar-refractivity contribution is 7.89. The Balaban J connectivity index is 1.16. The molecular formula is C23H29N3O5S. The van der Waals surface area contributed by atoms with Gasteiger partial charge < -0.3 is 14.2 Å². The fourth-order valence-corrected chi connectivity index (χ4v) is 5.88. The van der Waals surface area contributed by atoms with Crippen LogP contribution in [0.3, 0.4) is 0 Å². The summed E-state index contributed by atoms with van der Waals surface area (Å²) >= 11 is 0. The average Bonchev–Trinajstić information content (AvgIpc) is 3.29. The van der Waals surface area contributed by atoms with Crippen LogP contribution in [0.25, 0.3) is 0 Å². The Morgan fingerprint density at radius 2 is 1.41 bits per heavy atom. The van der Waals surface area contributed by atoms with E-state index in [1.165, 1.54) is 9.87 Å². The molecule has 32 heavy (non-hydrogen) atoms. The molecule has 9 heteroatoms. The maximum absolute atomic E-state index is 13.0. The van der Waals surface area contributed by atoms with E-state index in [4.69, 9.17) is 14.2 Å². The summed E-state index contributed by atoms with van der Waals surface area (Å²) in [6.07, 6.45) is 0. The number of sulfonamides is 1. The second kappa shape index (κ2) is 9.36. The van der Waals surface area contributed by atoms with Gasteiger partial charge in [-0.05, 0) is 35.4 Å². The van der Waals surface area contributed by atoms with Gasteiger partial charge in [0.05, 0.1) is 18.1 Å². The summed E-state index contributed by atoms with van der Waals surface area (Å²) in [6, 6.07) is 13.5. The maximum atomic E-state index is 13.0. The Kier molecular flexibility index (Phi) is 6.34. The van der Waals surface area contributed by atoms with E-state index >= 15 is 0 Å². The number of fused-ring (bicyclic) bond motifs is 1. The molecule has 0 atom stereocenters. The van der Waals surface area contributed by atoms with Crippen molar-refractivity contribution in [2.24, 2.45) is 0 Å². The molecule has 0 spiro atoms. The molecule has 2 saturated heterocycles. The van der Waals surface area contributed by atoms with Crippen LogP contribution < -0.4 is 9.47 Å². The SMILES string of the molecule is O=S(=O)(c1cccc(CN2CCN(Cc3ccc4c(c3)OCO4)CC2)c1)N1CCOCC1. The van der Waals surface area contributed by atoms with Crippen LogP contribution in [0.4, 0.5) is 0 Å². The van der Waals surface area contributed by atoms with Crippen LogP contribution in [0.2, 0.25) is 0 Å². The highest BCUT2D eigenvalue weighted by Crippen LogP contribution is 2.33.